The Morgan fingerprint density at radius 1 is 1.33 bits per heavy atom. The number of carbonyl (C=O) groups is 2. The van der Waals surface area contributed by atoms with Gasteiger partial charge in [-0.1, -0.05) is 5.57 Å². The Hall–Kier alpha value is -1.32. The standard InChI is InChI=1S/C11H17NO3/c1-8(2)7-10(13)12-6-4-3-5-9(12)11(14)15/h7,9H,3-6H2,1-2H3,(H,14,15). The summed E-state index contributed by atoms with van der Waals surface area (Å²) in [5, 5.41) is 8.98. The quantitative estimate of drug-likeness (QED) is 0.703. The van der Waals surface area contributed by atoms with E-state index in [1.165, 1.54) is 11.0 Å². The van der Waals surface area contributed by atoms with Crippen LogP contribution in [-0.2, 0) is 9.59 Å². The minimum absolute atomic E-state index is 0.179. The van der Waals surface area contributed by atoms with Crippen molar-refractivity contribution < 1.29 is 14.7 Å². The molecule has 0 saturated carbocycles. The average Bonchev–Trinajstić information content (AvgIpc) is 2.16. The van der Waals surface area contributed by atoms with Crippen molar-refractivity contribution in [3.05, 3.63) is 11.6 Å². The number of hydrogen-bond donors (Lipinski definition) is 1. The molecule has 4 nitrogen and oxygen atoms in total. The monoisotopic (exact) mass is 211 g/mol. The number of carboxylic acid groups (broad SMARTS) is 1. The molecule has 1 saturated heterocycles. The van der Waals surface area contributed by atoms with E-state index in [0.717, 1.165) is 18.4 Å². The number of amides is 1. The van der Waals surface area contributed by atoms with Gasteiger partial charge in [-0.3, -0.25) is 4.79 Å². The van der Waals surface area contributed by atoms with Gasteiger partial charge in [0.2, 0.25) is 5.91 Å². The van der Waals surface area contributed by atoms with Crippen LogP contribution in [0.2, 0.25) is 0 Å². The zero-order valence-corrected chi connectivity index (χ0v) is 9.19. The average molecular weight is 211 g/mol. The van der Waals surface area contributed by atoms with Crippen LogP contribution in [0.15, 0.2) is 11.6 Å². The van der Waals surface area contributed by atoms with Crippen molar-refractivity contribution in [1.29, 1.82) is 0 Å². The first-order chi connectivity index (χ1) is 7.02. The molecule has 1 N–H and O–H groups in total. The first kappa shape index (κ1) is 11.8. The largest absolute Gasteiger partial charge is 0.480 e. The first-order valence-electron chi connectivity index (χ1n) is 5.20. The van der Waals surface area contributed by atoms with Gasteiger partial charge in [0.25, 0.3) is 0 Å². The van der Waals surface area contributed by atoms with Gasteiger partial charge < -0.3 is 10.0 Å². The third kappa shape index (κ3) is 3.08. The van der Waals surface area contributed by atoms with Crippen molar-refractivity contribution in [2.75, 3.05) is 6.54 Å². The summed E-state index contributed by atoms with van der Waals surface area (Å²) in [4.78, 5) is 24.1. The summed E-state index contributed by atoms with van der Waals surface area (Å²) in [5.74, 6) is -1.08. The number of likely N-dealkylation sites (tertiary alicyclic amines) is 1. The SMILES string of the molecule is CC(C)=CC(=O)N1CCCCC1C(=O)O. The fourth-order valence-electron chi connectivity index (χ4n) is 1.78. The topological polar surface area (TPSA) is 57.6 Å². The highest BCUT2D eigenvalue weighted by molar-refractivity contribution is 5.91. The second-order valence-corrected chi connectivity index (χ2v) is 4.10. The molecule has 1 amide bonds. The third-order valence-corrected chi connectivity index (χ3v) is 2.48. The van der Waals surface area contributed by atoms with E-state index in [2.05, 4.69) is 0 Å². The molecule has 0 aromatic heterocycles. The Bertz CT molecular complexity index is 292. The predicted molar refractivity (Wildman–Crippen MR) is 56.4 cm³/mol. The van der Waals surface area contributed by atoms with Gasteiger partial charge in [-0.2, -0.15) is 0 Å². The van der Waals surface area contributed by atoms with Crippen molar-refractivity contribution in [3.8, 4) is 0 Å². The van der Waals surface area contributed by atoms with E-state index in [1.807, 2.05) is 13.8 Å². The Morgan fingerprint density at radius 2 is 2.00 bits per heavy atom. The van der Waals surface area contributed by atoms with Gasteiger partial charge in [0.1, 0.15) is 6.04 Å². The lowest BCUT2D eigenvalue weighted by atomic mass is 10.0. The molecule has 4 heteroatoms. The molecule has 0 radical (unpaired) electrons. The van der Waals surface area contributed by atoms with Crippen LogP contribution in [0.25, 0.3) is 0 Å². The lowest BCUT2D eigenvalue weighted by Crippen LogP contribution is -2.47. The summed E-state index contributed by atoms with van der Waals surface area (Å²) >= 11 is 0. The van der Waals surface area contributed by atoms with E-state index in [9.17, 15) is 9.59 Å². The number of carbonyl (C=O) groups excluding carboxylic acids is 1. The lowest BCUT2D eigenvalue weighted by Gasteiger charge is -2.32. The third-order valence-electron chi connectivity index (χ3n) is 2.48. The zero-order valence-electron chi connectivity index (χ0n) is 9.19. The number of carboxylic acids is 1. The van der Waals surface area contributed by atoms with Crippen LogP contribution >= 0.6 is 0 Å². The van der Waals surface area contributed by atoms with Crippen LogP contribution in [0.1, 0.15) is 33.1 Å². The minimum Gasteiger partial charge on any atom is -0.480 e. The van der Waals surface area contributed by atoms with Crippen LogP contribution in [0.4, 0.5) is 0 Å². The normalized spacial score (nSPS) is 20.9. The number of rotatable bonds is 2. The molecule has 0 aromatic carbocycles. The summed E-state index contributed by atoms with van der Waals surface area (Å²) in [6.07, 6.45) is 3.85. The van der Waals surface area contributed by atoms with E-state index in [0.29, 0.717) is 13.0 Å². The van der Waals surface area contributed by atoms with Gasteiger partial charge >= 0.3 is 5.97 Å². The second-order valence-electron chi connectivity index (χ2n) is 4.10. The smallest absolute Gasteiger partial charge is 0.326 e. The number of nitrogens with zero attached hydrogens (tertiary/aromatic N) is 1. The van der Waals surface area contributed by atoms with Gasteiger partial charge in [0.15, 0.2) is 0 Å². The Balaban J connectivity index is 2.76. The minimum atomic E-state index is -0.898. The maximum Gasteiger partial charge on any atom is 0.326 e. The fourth-order valence-corrected chi connectivity index (χ4v) is 1.78. The van der Waals surface area contributed by atoms with Crippen LogP contribution < -0.4 is 0 Å². The van der Waals surface area contributed by atoms with Crippen LogP contribution in [-0.4, -0.2) is 34.5 Å². The van der Waals surface area contributed by atoms with Gasteiger partial charge in [0, 0.05) is 12.6 Å². The number of aliphatic carboxylic acids is 1. The lowest BCUT2D eigenvalue weighted by molar-refractivity contribution is -0.150. The van der Waals surface area contributed by atoms with Crippen molar-refractivity contribution in [2.24, 2.45) is 0 Å². The first-order valence-corrected chi connectivity index (χ1v) is 5.20. The highest BCUT2D eigenvalue weighted by Crippen LogP contribution is 2.17. The summed E-state index contributed by atoms with van der Waals surface area (Å²) in [5.41, 5.74) is 0.898. The molecule has 0 aliphatic carbocycles. The molecule has 1 aliphatic rings. The molecule has 1 heterocycles. The van der Waals surface area contributed by atoms with Crippen LogP contribution in [0.5, 0.6) is 0 Å². The number of piperidine rings is 1. The zero-order chi connectivity index (χ0) is 11.4. The maximum atomic E-state index is 11.7. The second kappa shape index (κ2) is 4.96. The molecule has 1 unspecified atom stereocenters. The number of allylic oxidation sites excluding steroid dienone is 1. The molecule has 1 aliphatic heterocycles. The molecular weight excluding hydrogens is 194 g/mol. The maximum absolute atomic E-state index is 11.7. The summed E-state index contributed by atoms with van der Waals surface area (Å²) < 4.78 is 0. The van der Waals surface area contributed by atoms with Gasteiger partial charge in [-0.25, -0.2) is 4.79 Å². The molecule has 1 rings (SSSR count). The van der Waals surface area contributed by atoms with Crippen LogP contribution in [0, 0.1) is 0 Å². The Morgan fingerprint density at radius 3 is 2.53 bits per heavy atom. The molecule has 84 valence electrons. The van der Waals surface area contributed by atoms with Gasteiger partial charge in [-0.05, 0) is 33.1 Å². The van der Waals surface area contributed by atoms with Crippen molar-refractivity contribution in [2.45, 2.75) is 39.2 Å². The van der Waals surface area contributed by atoms with Crippen molar-refractivity contribution >= 4 is 11.9 Å². The van der Waals surface area contributed by atoms with Crippen molar-refractivity contribution in [1.82, 2.24) is 4.90 Å². The molecule has 0 bridgehead atoms. The van der Waals surface area contributed by atoms with Gasteiger partial charge in [0.05, 0.1) is 0 Å². The summed E-state index contributed by atoms with van der Waals surface area (Å²) in [7, 11) is 0. The van der Waals surface area contributed by atoms with Crippen LogP contribution in [0.3, 0.4) is 0 Å². The molecular formula is C11H17NO3. The molecule has 1 fully saturated rings. The van der Waals surface area contributed by atoms with E-state index in [4.69, 9.17) is 5.11 Å². The summed E-state index contributed by atoms with van der Waals surface area (Å²) in [6.45, 7) is 4.22. The highest BCUT2D eigenvalue weighted by Gasteiger charge is 2.30. The predicted octanol–water partition coefficient (Wildman–Crippen LogP) is 1.42. The molecule has 0 spiro atoms. The number of hydrogen-bond acceptors (Lipinski definition) is 2. The molecule has 1 atom stereocenters. The van der Waals surface area contributed by atoms with Gasteiger partial charge in [-0.15, -0.1) is 0 Å². The van der Waals surface area contributed by atoms with E-state index < -0.39 is 12.0 Å². The van der Waals surface area contributed by atoms with E-state index in [-0.39, 0.29) is 5.91 Å². The Labute approximate surface area is 89.6 Å². The molecule has 0 aromatic rings. The highest BCUT2D eigenvalue weighted by atomic mass is 16.4. The van der Waals surface area contributed by atoms with E-state index in [1.54, 1.807) is 0 Å². The van der Waals surface area contributed by atoms with Crippen molar-refractivity contribution in [3.63, 3.8) is 0 Å². The molecule has 15 heavy (non-hydrogen) atoms. The Kier molecular flexibility index (Phi) is 3.88. The summed E-state index contributed by atoms with van der Waals surface area (Å²) in [6, 6.07) is -0.637. The fraction of sp³-hybridized carbons (Fsp3) is 0.636. The van der Waals surface area contributed by atoms with E-state index >= 15 is 0 Å².